The van der Waals surface area contributed by atoms with E-state index >= 15 is 0 Å². The number of nitrogens with two attached hydrogens (primary N) is 1. The minimum atomic E-state index is -0.318. The lowest BCUT2D eigenvalue weighted by Gasteiger charge is -2.28. The van der Waals surface area contributed by atoms with Crippen LogP contribution in [0.4, 0.5) is 0 Å². The van der Waals surface area contributed by atoms with Crippen molar-refractivity contribution in [2.75, 3.05) is 6.61 Å². The molecule has 1 aliphatic heterocycles. The molecule has 2 aliphatic rings. The van der Waals surface area contributed by atoms with Gasteiger partial charge < -0.3 is 15.2 Å². The van der Waals surface area contributed by atoms with E-state index < -0.39 is 0 Å². The molecule has 0 radical (unpaired) electrons. The van der Waals surface area contributed by atoms with Crippen molar-refractivity contribution >= 4 is 0 Å². The molecule has 0 aromatic heterocycles. The van der Waals surface area contributed by atoms with Gasteiger partial charge >= 0.3 is 0 Å². The van der Waals surface area contributed by atoms with Crippen LogP contribution in [0.2, 0.25) is 0 Å². The Balaban J connectivity index is 2.03. The molecule has 1 atom stereocenters. The molecular formula is C16H23NO2. The van der Waals surface area contributed by atoms with E-state index in [1.165, 1.54) is 0 Å². The van der Waals surface area contributed by atoms with E-state index in [2.05, 4.69) is 26.0 Å². The van der Waals surface area contributed by atoms with Crippen molar-refractivity contribution in [1.82, 2.24) is 0 Å². The van der Waals surface area contributed by atoms with Crippen molar-refractivity contribution in [2.45, 2.75) is 39.2 Å². The first-order valence-corrected chi connectivity index (χ1v) is 6.83. The van der Waals surface area contributed by atoms with Crippen LogP contribution < -0.4 is 5.73 Å². The van der Waals surface area contributed by atoms with Crippen molar-refractivity contribution in [3.63, 3.8) is 0 Å². The van der Waals surface area contributed by atoms with E-state index in [0.717, 1.165) is 29.9 Å². The topological polar surface area (TPSA) is 44.5 Å². The van der Waals surface area contributed by atoms with Gasteiger partial charge in [0.05, 0.1) is 6.26 Å². The molecule has 0 aromatic rings. The summed E-state index contributed by atoms with van der Waals surface area (Å²) in [6.07, 6.45) is 11.5. The molecule has 2 N–H and O–H groups in total. The first-order valence-electron chi connectivity index (χ1n) is 6.83. The predicted octanol–water partition coefficient (Wildman–Crippen LogP) is 3.41. The Kier molecular flexibility index (Phi) is 4.15. The molecule has 1 heterocycles. The molecule has 3 nitrogen and oxygen atoms in total. The van der Waals surface area contributed by atoms with E-state index in [9.17, 15) is 0 Å². The Morgan fingerprint density at radius 3 is 3.00 bits per heavy atom. The molecule has 0 amide bonds. The minimum absolute atomic E-state index is 0.318. The van der Waals surface area contributed by atoms with Crippen LogP contribution in [0, 0.1) is 5.92 Å². The van der Waals surface area contributed by atoms with Gasteiger partial charge in [-0.1, -0.05) is 26.0 Å². The molecule has 0 aromatic carbocycles. The van der Waals surface area contributed by atoms with Gasteiger partial charge in [0.1, 0.15) is 6.61 Å². The van der Waals surface area contributed by atoms with Gasteiger partial charge in [-0.3, -0.25) is 0 Å². The summed E-state index contributed by atoms with van der Waals surface area (Å²) in [5.74, 6) is 2.16. The molecule has 1 unspecified atom stereocenters. The molecule has 0 saturated carbocycles. The van der Waals surface area contributed by atoms with Crippen molar-refractivity contribution in [3.05, 3.63) is 47.7 Å². The number of ether oxygens (including phenoxy) is 2. The van der Waals surface area contributed by atoms with Crippen molar-refractivity contribution < 1.29 is 9.47 Å². The zero-order valence-electron chi connectivity index (χ0n) is 12.0. The Morgan fingerprint density at radius 2 is 2.26 bits per heavy atom. The third kappa shape index (κ3) is 3.74. The zero-order chi connectivity index (χ0) is 13.9. The maximum atomic E-state index is 6.26. The summed E-state index contributed by atoms with van der Waals surface area (Å²) in [4.78, 5) is 0. The molecule has 19 heavy (non-hydrogen) atoms. The summed E-state index contributed by atoms with van der Waals surface area (Å²) < 4.78 is 11.4. The van der Waals surface area contributed by atoms with Crippen LogP contribution in [0.3, 0.4) is 0 Å². The second-order valence-electron chi connectivity index (χ2n) is 5.98. The maximum absolute atomic E-state index is 6.26. The van der Waals surface area contributed by atoms with Crippen LogP contribution in [0.1, 0.15) is 33.6 Å². The maximum Gasteiger partial charge on any atom is 0.171 e. The monoisotopic (exact) mass is 261 g/mol. The van der Waals surface area contributed by atoms with E-state index in [-0.39, 0.29) is 5.54 Å². The summed E-state index contributed by atoms with van der Waals surface area (Å²) in [5, 5.41) is 0. The van der Waals surface area contributed by atoms with Crippen LogP contribution in [-0.2, 0) is 9.47 Å². The second-order valence-corrected chi connectivity index (χ2v) is 5.98. The van der Waals surface area contributed by atoms with Crippen LogP contribution in [0.25, 0.3) is 0 Å². The second kappa shape index (κ2) is 5.66. The highest BCUT2D eigenvalue weighted by molar-refractivity contribution is 5.42. The summed E-state index contributed by atoms with van der Waals surface area (Å²) in [5.41, 5.74) is 7.10. The van der Waals surface area contributed by atoms with E-state index in [0.29, 0.717) is 12.5 Å². The van der Waals surface area contributed by atoms with Crippen LogP contribution in [-0.4, -0.2) is 12.1 Å². The first kappa shape index (κ1) is 13.9. The highest BCUT2D eigenvalue weighted by Gasteiger charge is 2.24. The van der Waals surface area contributed by atoms with Gasteiger partial charge in [0, 0.05) is 11.1 Å². The molecule has 2 rings (SSSR count). The van der Waals surface area contributed by atoms with Crippen molar-refractivity contribution in [3.8, 4) is 0 Å². The number of fused-ring (bicyclic) bond motifs is 1. The Labute approximate surface area is 115 Å². The lowest BCUT2D eigenvalue weighted by molar-refractivity contribution is 0.135. The third-order valence-corrected chi connectivity index (χ3v) is 3.12. The van der Waals surface area contributed by atoms with E-state index in [1.807, 2.05) is 19.1 Å². The fraction of sp³-hybridized carbons (Fsp3) is 0.500. The molecule has 0 fully saturated rings. The van der Waals surface area contributed by atoms with Crippen LogP contribution in [0.15, 0.2) is 47.7 Å². The average Bonchev–Trinajstić information content (AvgIpc) is 2.35. The fourth-order valence-electron chi connectivity index (χ4n) is 2.51. The van der Waals surface area contributed by atoms with Gasteiger partial charge in [-0.15, -0.1) is 0 Å². The molecule has 0 saturated heterocycles. The van der Waals surface area contributed by atoms with Gasteiger partial charge in [-0.25, -0.2) is 0 Å². The summed E-state index contributed by atoms with van der Waals surface area (Å²) in [7, 11) is 0. The van der Waals surface area contributed by atoms with Gasteiger partial charge in [0.15, 0.2) is 11.5 Å². The zero-order valence-corrected chi connectivity index (χ0v) is 12.0. The number of allylic oxidation sites excluding steroid dienone is 5. The standard InChI is InChI=1S/C16H23NO2/c1-12(2)10-16(3,17)11-19-14-8-4-6-13-7-5-9-18-15(13)14/h4-5,7-9,12H,6,10-11,17H2,1-3H3. The fourth-order valence-corrected chi connectivity index (χ4v) is 2.51. The van der Waals surface area contributed by atoms with E-state index in [1.54, 1.807) is 6.26 Å². The summed E-state index contributed by atoms with van der Waals surface area (Å²) in [6, 6.07) is 0. The van der Waals surface area contributed by atoms with Gasteiger partial charge in [-0.05, 0) is 37.8 Å². The van der Waals surface area contributed by atoms with Gasteiger partial charge in [0.2, 0.25) is 0 Å². The molecule has 104 valence electrons. The number of hydrogen-bond acceptors (Lipinski definition) is 3. The third-order valence-electron chi connectivity index (χ3n) is 3.12. The smallest absolute Gasteiger partial charge is 0.171 e. The molecule has 3 heteroatoms. The van der Waals surface area contributed by atoms with E-state index in [4.69, 9.17) is 15.2 Å². The van der Waals surface area contributed by atoms with Crippen molar-refractivity contribution in [2.24, 2.45) is 11.7 Å². The largest absolute Gasteiger partial charge is 0.488 e. The SMILES string of the molecule is CC(C)CC(C)(N)COC1=C2OC=CC=C2CC=C1. The molecule has 0 bridgehead atoms. The highest BCUT2D eigenvalue weighted by Crippen LogP contribution is 2.29. The highest BCUT2D eigenvalue weighted by atomic mass is 16.5. The lowest BCUT2D eigenvalue weighted by atomic mass is 9.93. The summed E-state index contributed by atoms with van der Waals surface area (Å²) >= 11 is 0. The average molecular weight is 261 g/mol. The minimum Gasteiger partial charge on any atom is -0.488 e. The Hall–Kier alpha value is -1.48. The van der Waals surface area contributed by atoms with Gasteiger partial charge in [-0.2, -0.15) is 0 Å². The van der Waals surface area contributed by atoms with Gasteiger partial charge in [0.25, 0.3) is 0 Å². The van der Waals surface area contributed by atoms with Crippen LogP contribution >= 0.6 is 0 Å². The molecule has 1 aliphatic carbocycles. The number of rotatable bonds is 5. The predicted molar refractivity (Wildman–Crippen MR) is 77.1 cm³/mol. The molecule has 0 spiro atoms. The normalized spacial score (nSPS) is 20.8. The quantitative estimate of drug-likeness (QED) is 0.825. The Morgan fingerprint density at radius 1 is 1.47 bits per heavy atom. The lowest BCUT2D eigenvalue weighted by Crippen LogP contribution is -2.42. The first-order chi connectivity index (χ1) is 8.98. The molecular weight excluding hydrogens is 238 g/mol. The van der Waals surface area contributed by atoms with Crippen LogP contribution in [0.5, 0.6) is 0 Å². The number of hydrogen-bond donors (Lipinski definition) is 1. The summed E-state index contributed by atoms with van der Waals surface area (Å²) in [6.45, 7) is 6.87. The Bertz CT molecular complexity index is 453. The van der Waals surface area contributed by atoms with Crippen molar-refractivity contribution in [1.29, 1.82) is 0 Å².